The second-order valence-electron chi connectivity index (χ2n) is 4.53. The van der Waals surface area contributed by atoms with Crippen LogP contribution < -0.4 is 16.4 Å². The highest BCUT2D eigenvalue weighted by molar-refractivity contribution is 6.30. The molecule has 1 unspecified atom stereocenters. The van der Waals surface area contributed by atoms with Crippen LogP contribution in [-0.2, 0) is 4.74 Å². The zero-order valence-corrected chi connectivity index (χ0v) is 13.0. The number of methoxy groups -OCH3 is 1. The number of hydrogen-bond acceptors (Lipinski definition) is 3. The van der Waals surface area contributed by atoms with E-state index in [0.29, 0.717) is 36.2 Å². The van der Waals surface area contributed by atoms with Crippen LogP contribution >= 0.6 is 11.6 Å². The SMILES string of the molecule is COCC(C)NC(N)=NCCNC(=O)c1ccc(Cl)cc1. The number of benzene rings is 1. The first-order valence-electron chi connectivity index (χ1n) is 6.62. The summed E-state index contributed by atoms with van der Waals surface area (Å²) in [7, 11) is 1.62. The molecule has 1 amide bonds. The summed E-state index contributed by atoms with van der Waals surface area (Å²) < 4.78 is 4.98. The molecular formula is C14H21ClN4O2. The van der Waals surface area contributed by atoms with E-state index in [1.165, 1.54) is 0 Å². The van der Waals surface area contributed by atoms with Crippen molar-refractivity contribution in [2.24, 2.45) is 10.7 Å². The van der Waals surface area contributed by atoms with Crippen molar-refractivity contribution in [2.45, 2.75) is 13.0 Å². The normalized spacial score (nSPS) is 12.8. The van der Waals surface area contributed by atoms with Gasteiger partial charge in [-0.15, -0.1) is 0 Å². The minimum atomic E-state index is -0.166. The number of carbonyl (C=O) groups excluding carboxylic acids is 1. The van der Waals surface area contributed by atoms with Crippen molar-refractivity contribution in [1.29, 1.82) is 0 Å². The van der Waals surface area contributed by atoms with Gasteiger partial charge in [0.05, 0.1) is 13.2 Å². The Morgan fingerprint density at radius 2 is 2.10 bits per heavy atom. The van der Waals surface area contributed by atoms with Crippen molar-refractivity contribution in [3.63, 3.8) is 0 Å². The lowest BCUT2D eigenvalue weighted by atomic mass is 10.2. The predicted molar refractivity (Wildman–Crippen MR) is 84.7 cm³/mol. The summed E-state index contributed by atoms with van der Waals surface area (Å²) >= 11 is 5.76. The fraction of sp³-hybridized carbons (Fsp3) is 0.429. The number of carbonyl (C=O) groups is 1. The first kappa shape index (κ1) is 17.3. The number of ether oxygens (including phenoxy) is 1. The molecule has 0 heterocycles. The van der Waals surface area contributed by atoms with Crippen molar-refractivity contribution in [3.8, 4) is 0 Å². The molecule has 1 aromatic carbocycles. The summed E-state index contributed by atoms with van der Waals surface area (Å²) in [6, 6.07) is 6.77. The number of aliphatic imine (C=N–C) groups is 1. The average Bonchev–Trinajstić information content (AvgIpc) is 2.44. The van der Waals surface area contributed by atoms with Gasteiger partial charge < -0.3 is 21.1 Å². The van der Waals surface area contributed by atoms with Crippen LogP contribution in [0.15, 0.2) is 29.3 Å². The largest absolute Gasteiger partial charge is 0.383 e. The number of nitrogens with zero attached hydrogens (tertiary/aromatic N) is 1. The quantitative estimate of drug-likeness (QED) is 0.398. The molecule has 0 aliphatic carbocycles. The van der Waals surface area contributed by atoms with E-state index < -0.39 is 0 Å². The highest BCUT2D eigenvalue weighted by Crippen LogP contribution is 2.09. The highest BCUT2D eigenvalue weighted by atomic mass is 35.5. The minimum absolute atomic E-state index is 0.0856. The Balaban J connectivity index is 2.29. The minimum Gasteiger partial charge on any atom is -0.383 e. The van der Waals surface area contributed by atoms with Gasteiger partial charge in [-0.25, -0.2) is 0 Å². The summed E-state index contributed by atoms with van der Waals surface area (Å²) in [5.74, 6) is 0.168. The maximum Gasteiger partial charge on any atom is 0.251 e. The number of halogens is 1. The van der Waals surface area contributed by atoms with E-state index in [2.05, 4.69) is 15.6 Å². The summed E-state index contributed by atoms with van der Waals surface area (Å²) in [5.41, 5.74) is 6.26. The number of hydrogen-bond donors (Lipinski definition) is 3. The van der Waals surface area contributed by atoms with Crippen LogP contribution in [0.4, 0.5) is 0 Å². The molecule has 0 saturated carbocycles. The lowest BCUT2D eigenvalue weighted by molar-refractivity contribution is 0.0955. The van der Waals surface area contributed by atoms with Crippen LogP contribution in [0, 0.1) is 0 Å². The maximum absolute atomic E-state index is 11.8. The van der Waals surface area contributed by atoms with Gasteiger partial charge in [-0.2, -0.15) is 0 Å². The lowest BCUT2D eigenvalue weighted by Crippen LogP contribution is -2.41. The van der Waals surface area contributed by atoms with Gasteiger partial charge in [0.1, 0.15) is 0 Å². The lowest BCUT2D eigenvalue weighted by Gasteiger charge is -2.13. The molecule has 0 aliphatic rings. The number of rotatable bonds is 7. The zero-order chi connectivity index (χ0) is 15.7. The molecule has 1 rings (SSSR count). The molecule has 21 heavy (non-hydrogen) atoms. The molecule has 116 valence electrons. The molecule has 7 heteroatoms. The Morgan fingerprint density at radius 1 is 1.43 bits per heavy atom. The molecule has 0 spiro atoms. The van der Waals surface area contributed by atoms with Crippen LogP contribution in [0.25, 0.3) is 0 Å². The molecule has 6 nitrogen and oxygen atoms in total. The van der Waals surface area contributed by atoms with Gasteiger partial charge >= 0.3 is 0 Å². The molecule has 4 N–H and O–H groups in total. The van der Waals surface area contributed by atoms with Gasteiger partial charge in [-0.05, 0) is 31.2 Å². The third-order valence-electron chi connectivity index (χ3n) is 2.60. The van der Waals surface area contributed by atoms with E-state index in [0.717, 1.165) is 0 Å². The van der Waals surface area contributed by atoms with E-state index in [4.69, 9.17) is 22.1 Å². The molecule has 1 aromatic rings. The molecule has 1 atom stereocenters. The van der Waals surface area contributed by atoms with E-state index in [1.807, 2.05) is 6.92 Å². The average molecular weight is 313 g/mol. The Labute approximate surface area is 129 Å². The van der Waals surface area contributed by atoms with Gasteiger partial charge in [0, 0.05) is 30.3 Å². The maximum atomic E-state index is 11.8. The van der Waals surface area contributed by atoms with E-state index in [1.54, 1.807) is 31.4 Å². The second-order valence-corrected chi connectivity index (χ2v) is 4.97. The molecule has 0 fully saturated rings. The van der Waals surface area contributed by atoms with Crippen molar-refractivity contribution in [2.75, 3.05) is 26.8 Å². The highest BCUT2D eigenvalue weighted by Gasteiger charge is 2.04. The molecular weight excluding hydrogens is 292 g/mol. The van der Waals surface area contributed by atoms with Gasteiger partial charge in [0.15, 0.2) is 5.96 Å². The molecule has 0 aromatic heterocycles. The third kappa shape index (κ3) is 6.97. The predicted octanol–water partition coefficient (Wildman–Crippen LogP) is 1.01. The van der Waals surface area contributed by atoms with Crippen LogP contribution in [-0.4, -0.2) is 44.7 Å². The summed E-state index contributed by atoms with van der Waals surface area (Å²) in [6.45, 7) is 3.29. The summed E-state index contributed by atoms with van der Waals surface area (Å²) in [4.78, 5) is 15.9. The zero-order valence-electron chi connectivity index (χ0n) is 12.2. The van der Waals surface area contributed by atoms with Gasteiger partial charge in [0.25, 0.3) is 5.91 Å². The van der Waals surface area contributed by atoms with Crippen LogP contribution in [0.1, 0.15) is 17.3 Å². The smallest absolute Gasteiger partial charge is 0.251 e. The van der Waals surface area contributed by atoms with Gasteiger partial charge in [0.2, 0.25) is 0 Å². The van der Waals surface area contributed by atoms with E-state index >= 15 is 0 Å². The fourth-order valence-corrected chi connectivity index (χ4v) is 1.76. The first-order valence-corrected chi connectivity index (χ1v) is 7.00. The molecule has 0 saturated heterocycles. The number of amides is 1. The standard InChI is InChI=1S/C14H21ClN4O2/c1-10(9-21-2)19-14(16)18-8-7-17-13(20)11-3-5-12(15)6-4-11/h3-6,10H,7-9H2,1-2H3,(H,17,20)(H3,16,18,19). The van der Waals surface area contributed by atoms with Gasteiger partial charge in [-0.1, -0.05) is 11.6 Å². The Bertz CT molecular complexity index is 476. The van der Waals surface area contributed by atoms with Crippen molar-refractivity contribution >= 4 is 23.5 Å². The Kier molecular flexibility index (Phi) is 7.56. The molecule has 0 bridgehead atoms. The number of nitrogens with one attached hydrogen (secondary N) is 2. The monoisotopic (exact) mass is 312 g/mol. The molecule has 0 radical (unpaired) electrons. The van der Waals surface area contributed by atoms with E-state index in [-0.39, 0.29) is 11.9 Å². The van der Waals surface area contributed by atoms with Crippen LogP contribution in [0.2, 0.25) is 5.02 Å². The Hall–Kier alpha value is -1.79. The van der Waals surface area contributed by atoms with E-state index in [9.17, 15) is 4.79 Å². The fourth-order valence-electron chi connectivity index (χ4n) is 1.64. The number of nitrogens with two attached hydrogens (primary N) is 1. The van der Waals surface area contributed by atoms with Crippen molar-refractivity contribution in [3.05, 3.63) is 34.9 Å². The Morgan fingerprint density at radius 3 is 2.71 bits per heavy atom. The van der Waals surface area contributed by atoms with Crippen LogP contribution in [0.5, 0.6) is 0 Å². The summed E-state index contributed by atoms with van der Waals surface area (Å²) in [5, 5.41) is 6.33. The van der Waals surface area contributed by atoms with Crippen molar-refractivity contribution in [1.82, 2.24) is 10.6 Å². The topological polar surface area (TPSA) is 88.7 Å². The number of guanidine groups is 1. The second kappa shape index (κ2) is 9.20. The summed E-state index contributed by atoms with van der Waals surface area (Å²) in [6.07, 6.45) is 0. The first-order chi connectivity index (χ1) is 10.0. The van der Waals surface area contributed by atoms with Crippen molar-refractivity contribution < 1.29 is 9.53 Å². The molecule has 0 aliphatic heterocycles. The third-order valence-corrected chi connectivity index (χ3v) is 2.85. The van der Waals surface area contributed by atoms with Gasteiger partial charge in [-0.3, -0.25) is 9.79 Å². The van der Waals surface area contributed by atoms with Crippen LogP contribution in [0.3, 0.4) is 0 Å².